The highest BCUT2D eigenvalue weighted by Gasteiger charge is 2.38. The predicted octanol–water partition coefficient (Wildman–Crippen LogP) is 5.57. The minimum Gasteiger partial charge on any atom is -0.461 e. The van der Waals surface area contributed by atoms with Crippen LogP contribution in [0.3, 0.4) is 0 Å². The summed E-state index contributed by atoms with van der Waals surface area (Å²) in [5.41, 5.74) is 2.78. The number of alkyl carbamates (subject to hydrolysis) is 1. The summed E-state index contributed by atoms with van der Waals surface area (Å²) < 4.78 is 16.3. The number of rotatable bonds is 16. The first kappa shape index (κ1) is 39.4. The van der Waals surface area contributed by atoms with E-state index in [1.807, 2.05) is 84.9 Å². The number of esters is 1. The molecule has 0 aromatic heterocycles. The summed E-state index contributed by atoms with van der Waals surface area (Å²) in [4.78, 5) is 66.7. The van der Waals surface area contributed by atoms with Crippen LogP contribution in [0, 0.1) is 0 Å². The van der Waals surface area contributed by atoms with Crippen molar-refractivity contribution in [1.29, 1.82) is 0 Å². The second-order valence-corrected chi connectivity index (χ2v) is 13.7. The van der Waals surface area contributed by atoms with Crippen LogP contribution in [-0.4, -0.2) is 65.6 Å². The molecule has 0 radical (unpaired) electrons. The zero-order valence-corrected chi connectivity index (χ0v) is 30.2. The van der Waals surface area contributed by atoms with Gasteiger partial charge < -0.3 is 30.2 Å². The molecule has 0 unspecified atom stereocenters. The molecule has 0 fully saturated rings. The van der Waals surface area contributed by atoms with E-state index in [4.69, 9.17) is 14.2 Å². The first-order valence-electron chi connectivity index (χ1n) is 17.8. The summed E-state index contributed by atoms with van der Waals surface area (Å²) in [6.45, 7) is 6.47. The van der Waals surface area contributed by atoms with Crippen molar-refractivity contribution in [2.24, 2.45) is 0 Å². The fourth-order valence-electron chi connectivity index (χ4n) is 5.60. The third kappa shape index (κ3) is 13.4. The van der Waals surface area contributed by atoms with Gasteiger partial charge in [0.2, 0.25) is 11.8 Å². The molecule has 3 aromatic rings. The Morgan fingerprint density at radius 3 is 1.96 bits per heavy atom. The van der Waals surface area contributed by atoms with E-state index in [0.717, 1.165) is 22.3 Å². The Balaban J connectivity index is 1.31. The lowest BCUT2D eigenvalue weighted by molar-refractivity contribution is -0.145. The van der Waals surface area contributed by atoms with Gasteiger partial charge in [-0.25, -0.2) is 9.59 Å². The predicted molar refractivity (Wildman–Crippen MR) is 195 cm³/mol. The van der Waals surface area contributed by atoms with Crippen molar-refractivity contribution in [2.45, 2.75) is 96.7 Å². The first-order valence-corrected chi connectivity index (χ1v) is 17.8. The van der Waals surface area contributed by atoms with Crippen LogP contribution in [0.4, 0.5) is 9.59 Å². The van der Waals surface area contributed by atoms with E-state index in [-0.39, 0.29) is 39.0 Å². The zero-order chi connectivity index (χ0) is 37.3. The maximum absolute atomic E-state index is 13.9. The van der Waals surface area contributed by atoms with Gasteiger partial charge in [-0.05, 0) is 68.7 Å². The maximum Gasteiger partial charge on any atom is 0.411 e. The Morgan fingerprint density at radius 2 is 1.33 bits per heavy atom. The topological polar surface area (TPSA) is 152 Å². The maximum atomic E-state index is 13.9. The number of unbranched alkanes of at least 4 members (excludes halogenated alkanes) is 2. The molecule has 0 saturated heterocycles. The van der Waals surface area contributed by atoms with E-state index in [2.05, 4.69) is 16.0 Å². The van der Waals surface area contributed by atoms with Crippen molar-refractivity contribution in [3.8, 4) is 0 Å². The van der Waals surface area contributed by atoms with Gasteiger partial charge in [0.25, 0.3) is 0 Å². The molecule has 0 aliphatic carbocycles. The molecule has 3 N–H and O–H groups in total. The summed E-state index contributed by atoms with van der Waals surface area (Å²) in [6.07, 6.45) is 1.01. The van der Waals surface area contributed by atoms with Gasteiger partial charge in [-0.15, -0.1) is 0 Å². The molecule has 3 aromatic carbocycles. The monoisotopic (exact) mass is 714 g/mol. The van der Waals surface area contributed by atoms with E-state index in [1.54, 1.807) is 20.8 Å². The highest BCUT2D eigenvalue weighted by molar-refractivity contribution is 5.92. The van der Waals surface area contributed by atoms with Crippen molar-refractivity contribution >= 4 is 30.0 Å². The molecule has 52 heavy (non-hydrogen) atoms. The number of carbonyl (C=O) groups is 5. The first-order chi connectivity index (χ1) is 25.0. The average molecular weight is 715 g/mol. The molecule has 278 valence electrons. The molecule has 1 heterocycles. The summed E-state index contributed by atoms with van der Waals surface area (Å²) in [7, 11) is 0. The molecule has 4 rings (SSSR count). The number of carbonyl (C=O) groups excluding carboxylic acids is 5. The van der Waals surface area contributed by atoms with E-state index in [0.29, 0.717) is 32.4 Å². The van der Waals surface area contributed by atoms with Crippen molar-refractivity contribution in [3.05, 3.63) is 107 Å². The molecule has 1 aliphatic heterocycles. The van der Waals surface area contributed by atoms with Gasteiger partial charge in [0.1, 0.15) is 30.9 Å². The van der Waals surface area contributed by atoms with Crippen molar-refractivity contribution < 1.29 is 38.2 Å². The summed E-state index contributed by atoms with van der Waals surface area (Å²) in [5.74, 6) is -1.48. The smallest absolute Gasteiger partial charge is 0.411 e. The van der Waals surface area contributed by atoms with Crippen LogP contribution in [-0.2, 0) is 54.8 Å². The Morgan fingerprint density at radius 1 is 0.750 bits per heavy atom. The normalized spacial score (nSPS) is 14.3. The number of hydrogen-bond donors (Lipinski definition) is 3. The standard InChI is InChI=1S/C40H50N4O8/c1-40(2,3)52-39(49)44-26-32-20-12-11-19-31(32)25-34(44)37(47)43-33(21-22-35(45)50-27-29-15-7-4-8-16-29)36(46)41-23-13-6-14-24-42-38(48)51-28-30-17-9-5-10-18-30/h4-5,7-12,15-20,33-34H,6,13-14,21-28H2,1-3H3,(H,41,46)(H,42,48)(H,43,47)/t33-,34-/m0/s1. The molecule has 0 spiro atoms. The van der Waals surface area contributed by atoms with E-state index in [1.165, 1.54) is 4.90 Å². The Hall–Kier alpha value is -5.39. The largest absolute Gasteiger partial charge is 0.461 e. The second kappa shape index (κ2) is 19.9. The van der Waals surface area contributed by atoms with Crippen LogP contribution in [0.5, 0.6) is 0 Å². The molecule has 2 atom stereocenters. The lowest BCUT2D eigenvalue weighted by Gasteiger charge is -2.37. The minimum absolute atomic E-state index is 0.00401. The SMILES string of the molecule is CC(C)(C)OC(=O)N1Cc2ccccc2C[C@H]1C(=O)N[C@@H](CCC(=O)OCc1ccccc1)C(=O)NCCCCCNC(=O)OCc1ccccc1. The van der Waals surface area contributed by atoms with Gasteiger partial charge in [0.05, 0.1) is 6.54 Å². The van der Waals surface area contributed by atoms with E-state index in [9.17, 15) is 24.0 Å². The number of nitrogens with zero attached hydrogens (tertiary/aromatic N) is 1. The van der Waals surface area contributed by atoms with Crippen molar-refractivity contribution in [1.82, 2.24) is 20.9 Å². The Kier molecular flexibility index (Phi) is 15.0. The minimum atomic E-state index is -1.06. The Bertz CT molecular complexity index is 1630. The lowest BCUT2D eigenvalue weighted by atomic mass is 9.93. The van der Waals surface area contributed by atoms with Crippen LogP contribution in [0.25, 0.3) is 0 Å². The molecule has 12 heteroatoms. The summed E-state index contributed by atoms with van der Waals surface area (Å²) in [6, 6.07) is 24.2. The van der Waals surface area contributed by atoms with Gasteiger partial charge >= 0.3 is 18.2 Å². The van der Waals surface area contributed by atoms with Crippen molar-refractivity contribution in [3.63, 3.8) is 0 Å². The molecule has 0 saturated carbocycles. The average Bonchev–Trinajstić information content (AvgIpc) is 3.13. The van der Waals surface area contributed by atoms with Crippen LogP contribution in [0.15, 0.2) is 84.9 Å². The fraction of sp³-hybridized carbons (Fsp3) is 0.425. The third-order valence-corrected chi connectivity index (χ3v) is 8.33. The number of hydrogen-bond acceptors (Lipinski definition) is 8. The number of benzene rings is 3. The van der Waals surface area contributed by atoms with E-state index < -0.39 is 47.7 Å². The van der Waals surface area contributed by atoms with Crippen LogP contribution < -0.4 is 16.0 Å². The molecule has 0 bridgehead atoms. The number of ether oxygens (including phenoxy) is 3. The Labute approximate surface area is 305 Å². The second-order valence-electron chi connectivity index (χ2n) is 13.7. The summed E-state index contributed by atoms with van der Waals surface area (Å²) >= 11 is 0. The highest BCUT2D eigenvalue weighted by Crippen LogP contribution is 2.26. The fourth-order valence-corrected chi connectivity index (χ4v) is 5.60. The van der Waals surface area contributed by atoms with Gasteiger partial charge in [-0.1, -0.05) is 84.9 Å². The molecule has 4 amide bonds. The van der Waals surface area contributed by atoms with Gasteiger partial charge in [0.15, 0.2) is 0 Å². The highest BCUT2D eigenvalue weighted by atomic mass is 16.6. The lowest BCUT2D eigenvalue weighted by Crippen LogP contribution is -2.57. The molecular formula is C40H50N4O8. The number of nitrogens with one attached hydrogen (secondary N) is 3. The quantitative estimate of drug-likeness (QED) is 0.0990. The van der Waals surface area contributed by atoms with Crippen molar-refractivity contribution in [2.75, 3.05) is 13.1 Å². The van der Waals surface area contributed by atoms with Crippen LogP contribution in [0.1, 0.15) is 75.1 Å². The zero-order valence-electron chi connectivity index (χ0n) is 30.2. The number of fused-ring (bicyclic) bond motifs is 1. The summed E-state index contributed by atoms with van der Waals surface area (Å²) in [5, 5.41) is 8.42. The molecule has 12 nitrogen and oxygen atoms in total. The third-order valence-electron chi connectivity index (χ3n) is 8.33. The van der Waals surface area contributed by atoms with Crippen LogP contribution >= 0.6 is 0 Å². The van der Waals surface area contributed by atoms with Gasteiger partial charge in [-0.3, -0.25) is 19.3 Å². The van der Waals surface area contributed by atoms with Crippen LogP contribution in [0.2, 0.25) is 0 Å². The molecular weight excluding hydrogens is 664 g/mol. The van der Waals surface area contributed by atoms with Gasteiger partial charge in [-0.2, -0.15) is 0 Å². The van der Waals surface area contributed by atoms with Gasteiger partial charge in [0, 0.05) is 25.9 Å². The number of amides is 4. The molecule has 1 aliphatic rings. The van der Waals surface area contributed by atoms with E-state index >= 15 is 0 Å².